The van der Waals surface area contributed by atoms with Crippen LogP contribution in [-0.2, 0) is 4.74 Å². The van der Waals surface area contributed by atoms with Crippen LogP contribution in [0.2, 0.25) is 0 Å². The number of unbranched alkanes of at least 4 members (excludes halogenated alkanes) is 2. The van der Waals surface area contributed by atoms with E-state index in [2.05, 4.69) is 18.6 Å². The molecule has 0 bridgehead atoms. The summed E-state index contributed by atoms with van der Waals surface area (Å²) in [5.74, 6) is -0.504. The normalized spacial score (nSPS) is 12.0. The maximum Gasteiger partial charge on any atom is 0.341 e. The second kappa shape index (κ2) is 8.45. The number of phenolic OH excluding ortho intramolecular Hbond substituents is 1. The first-order valence-electron chi connectivity index (χ1n) is 7.44. The number of Topliss-reactive ketones (excluding diaryl/α,β-unsaturated/α-hetero) is 1. The van der Waals surface area contributed by atoms with E-state index in [1.807, 2.05) is 0 Å². The quantitative estimate of drug-likeness (QED) is 0.447. The van der Waals surface area contributed by atoms with Crippen LogP contribution in [0.25, 0.3) is 0 Å². The Balaban J connectivity index is 2.72. The molecule has 1 unspecified atom stereocenters. The highest BCUT2D eigenvalue weighted by Gasteiger charge is 2.16. The highest BCUT2D eigenvalue weighted by atomic mass is 16.5. The molecule has 1 aromatic rings. The Morgan fingerprint density at radius 3 is 2.62 bits per heavy atom. The predicted octanol–water partition coefficient (Wildman–Crippen LogP) is 3.97. The highest BCUT2D eigenvalue weighted by molar-refractivity contribution is 6.00. The summed E-state index contributed by atoms with van der Waals surface area (Å²) in [4.78, 5) is 23.7. The van der Waals surface area contributed by atoms with Crippen molar-refractivity contribution in [2.45, 2.75) is 46.0 Å². The number of carbonyl (C=O) groups is 2. The molecule has 1 aromatic carbocycles. The Morgan fingerprint density at radius 1 is 1.29 bits per heavy atom. The van der Waals surface area contributed by atoms with Gasteiger partial charge in [-0.1, -0.05) is 39.5 Å². The molecule has 0 aliphatic heterocycles. The minimum Gasteiger partial charge on any atom is -0.507 e. The summed E-state index contributed by atoms with van der Waals surface area (Å²) in [7, 11) is 1.24. The second-order valence-corrected chi connectivity index (χ2v) is 5.45. The van der Waals surface area contributed by atoms with Crippen LogP contribution >= 0.6 is 0 Å². The van der Waals surface area contributed by atoms with Crippen LogP contribution in [0, 0.1) is 5.92 Å². The average molecular weight is 292 g/mol. The molecule has 0 aliphatic carbocycles. The van der Waals surface area contributed by atoms with Gasteiger partial charge in [0.1, 0.15) is 11.3 Å². The Labute approximate surface area is 126 Å². The Morgan fingerprint density at radius 2 is 2.00 bits per heavy atom. The number of aromatic hydroxyl groups is 1. The zero-order valence-electron chi connectivity index (χ0n) is 13.0. The number of ketones is 1. The first-order chi connectivity index (χ1) is 9.99. The average Bonchev–Trinajstić information content (AvgIpc) is 2.47. The van der Waals surface area contributed by atoms with Gasteiger partial charge in [-0.25, -0.2) is 4.79 Å². The van der Waals surface area contributed by atoms with Crippen molar-refractivity contribution in [1.82, 2.24) is 0 Å². The van der Waals surface area contributed by atoms with Gasteiger partial charge in [-0.05, 0) is 24.1 Å². The maximum absolute atomic E-state index is 12.2. The molecule has 0 amide bonds. The van der Waals surface area contributed by atoms with E-state index in [-0.39, 0.29) is 17.1 Å². The van der Waals surface area contributed by atoms with Gasteiger partial charge in [0.2, 0.25) is 0 Å². The lowest BCUT2D eigenvalue weighted by atomic mass is 9.94. The number of esters is 1. The van der Waals surface area contributed by atoms with Gasteiger partial charge in [0.15, 0.2) is 5.78 Å². The van der Waals surface area contributed by atoms with E-state index in [0.717, 1.165) is 12.8 Å². The van der Waals surface area contributed by atoms with Crippen LogP contribution in [0.5, 0.6) is 5.75 Å². The van der Waals surface area contributed by atoms with Gasteiger partial charge < -0.3 is 9.84 Å². The zero-order chi connectivity index (χ0) is 15.8. The van der Waals surface area contributed by atoms with E-state index in [1.165, 1.54) is 32.1 Å². The van der Waals surface area contributed by atoms with Crippen LogP contribution in [0.15, 0.2) is 18.2 Å². The van der Waals surface area contributed by atoms with Gasteiger partial charge in [-0.2, -0.15) is 0 Å². The van der Waals surface area contributed by atoms with Gasteiger partial charge in [-0.3, -0.25) is 4.79 Å². The van der Waals surface area contributed by atoms with Gasteiger partial charge in [0.25, 0.3) is 0 Å². The van der Waals surface area contributed by atoms with Gasteiger partial charge in [0, 0.05) is 12.0 Å². The third kappa shape index (κ3) is 5.21. The summed E-state index contributed by atoms with van der Waals surface area (Å²) in [5.41, 5.74) is 0.470. The first-order valence-corrected chi connectivity index (χ1v) is 7.44. The van der Waals surface area contributed by atoms with E-state index in [0.29, 0.717) is 17.9 Å². The van der Waals surface area contributed by atoms with Crippen LogP contribution < -0.4 is 0 Å². The molecule has 0 saturated carbocycles. The molecule has 4 heteroatoms. The Kier molecular flexibility index (Phi) is 6.92. The lowest BCUT2D eigenvalue weighted by Crippen LogP contribution is -2.08. The molecule has 0 spiro atoms. The van der Waals surface area contributed by atoms with E-state index < -0.39 is 5.97 Å². The smallest absolute Gasteiger partial charge is 0.341 e. The number of benzene rings is 1. The minimum absolute atomic E-state index is 0.0100. The molecule has 21 heavy (non-hydrogen) atoms. The molecule has 0 saturated heterocycles. The number of phenols is 1. The van der Waals surface area contributed by atoms with Crippen molar-refractivity contribution in [3.05, 3.63) is 29.3 Å². The summed E-state index contributed by atoms with van der Waals surface area (Å²) in [5, 5.41) is 9.63. The van der Waals surface area contributed by atoms with E-state index >= 15 is 0 Å². The van der Waals surface area contributed by atoms with E-state index in [9.17, 15) is 14.7 Å². The van der Waals surface area contributed by atoms with Crippen LogP contribution in [-0.4, -0.2) is 24.0 Å². The number of hydrogen-bond acceptors (Lipinski definition) is 4. The highest BCUT2D eigenvalue weighted by Crippen LogP contribution is 2.22. The number of methoxy groups -OCH3 is 1. The molecule has 4 nitrogen and oxygen atoms in total. The van der Waals surface area contributed by atoms with Crippen LogP contribution in [0.1, 0.15) is 66.7 Å². The standard InChI is InChI=1S/C17H24O4/c1-4-5-6-7-12(2)10-16(19)13-8-9-15(18)14(11-13)17(20)21-3/h8-9,11-12,18H,4-7,10H2,1-3H3. The van der Waals surface area contributed by atoms with Crippen LogP contribution in [0.3, 0.4) is 0 Å². The summed E-state index contributed by atoms with van der Waals surface area (Å²) in [6, 6.07) is 4.31. The topological polar surface area (TPSA) is 63.6 Å². The number of carbonyl (C=O) groups excluding carboxylic acids is 2. The molecule has 0 aromatic heterocycles. The van der Waals surface area contributed by atoms with Gasteiger partial charge in [-0.15, -0.1) is 0 Å². The third-order valence-electron chi connectivity index (χ3n) is 3.56. The first kappa shape index (κ1) is 17.2. The molecule has 0 fully saturated rings. The van der Waals surface area contributed by atoms with Crippen molar-refractivity contribution >= 4 is 11.8 Å². The fourth-order valence-corrected chi connectivity index (χ4v) is 2.26. The minimum atomic E-state index is -0.641. The third-order valence-corrected chi connectivity index (χ3v) is 3.56. The second-order valence-electron chi connectivity index (χ2n) is 5.45. The SMILES string of the molecule is CCCCCC(C)CC(=O)c1ccc(O)c(C(=O)OC)c1. The van der Waals surface area contributed by atoms with Gasteiger partial charge in [0.05, 0.1) is 7.11 Å². The fourth-order valence-electron chi connectivity index (χ4n) is 2.26. The molecule has 1 N–H and O–H groups in total. The monoisotopic (exact) mass is 292 g/mol. The molecule has 116 valence electrons. The molecule has 0 heterocycles. The molecule has 1 rings (SSSR count). The maximum atomic E-state index is 12.2. The van der Waals surface area contributed by atoms with Crippen molar-refractivity contribution < 1.29 is 19.4 Å². The zero-order valence-corrected chi connectivity index (χ0v) is 13.0. The number of ether oxygens (including phenoxy) is 1. The van der Waals surface area contributed by atoms with Crippen molar-refractivity contribution in [3.8, 4) is 5.75 Å². The number of hydrogen-bond donors (Lipinski definition) is 1. The number of rotatable bonds is 8. The summed E-state index contributed by atoms with van der Waals surface area (Å²) >= 11 is 0. The summed E-state index contributed by atoms with van der Waals surface area (Å²) in [6.45, 7) is 4.22. The largest absolute Gasteiger partial charge is 0.507 e. The van der Waals surface area contributed by atoms with E-state index in [4.69, 9.17) is 0 Å². The van der Waals surface area contributed by atoms with Crippen molar-refractivity contribution in [3.63, 3.8) is 0 Å². The fraction of sp³-hybridized carbons (Fsp3) is 0.529. The summed E-state index contributed by atoms with van der Waals surface area (Å²) in [6.07, 6.45) is 4.97. The lowest BCUT2D eigenvalue weighted by molar-refractivity contribution is 0.0597. The molecule has 0 radical (unpaired) electrons. The molecular formula is C17H24O4. The van der Waals surface area contributed by atoms with Crippen molar-refractivity contribution in [2.24, 2.45) is 5.92 Å². The van der Waals surface area contributed by atoms with Crippen LogP contribution in [0.4, 0.5) is 0 Å². The lowest BCUT2D eigenvalue weighted by Gasteiger charge is -2.11. The Hall–Kier alpha value is -1.84. The Bertz CT molecular complexity index is 494. The van der Waals surface area contributed by atoms with Crippen molar-refractivity contribution in [1.29, 1.82) is 0 Å². The predicted molar refractivity (Wildman–Crippen MR) is 81.7 cm³/mol. The molecule has 0 aliphatic rings. The van der Waals surface area contributed by atoms with Gasteiger partial charge >= 0.3 is 5.97 Å². The summed E-state index contributed by atoms with van der Waals surface area (Å²) < 4.78 is 4.59. The van der Waals surface area contributed by atoms with E-state index in [1.54, 1.807) is 6.07 Å². The molecule has 1 atom stereocenters. The van der Waals surface area contributed by atoms with Crippen molar-refractivity contribution in [2.75, 3.05) is 7.11 Å². The molecular weight excluding hydrogens is 268 g/mol.